The molecule has 0 saturated carbocycles. The molecule has 3 rings (SSSR count). The maximum Gasteiger partial charge on any atom is 0.266 e. The standard InChI is InChI=1S/C20H15ClN2O2/c21-17-11-12-20(14-22,13-18(17)23(24)25)19(15-7-3-1-4-8-15)16-9-5-2-6-10-16/h1-12,19H,13H2. The minimum Gasteiger partial charge on any atom is -0.259 e. The first-order valence-electron chi connectivity index (χ1n) is 7.81. The summed E-state index contributed by atoms with van der Waals surface area (Å²) in [5.41, 5.74) is 0.660. The third-order valence-corrected chi connectivity index (χ3v) is 4.82. The highest BCUT2D eigenvalue weighted by molar-refractivity contribution is 6.31. The molecule has 0 heterocycles. The molecular formula is C20H15ClN2O2. The fourth-order valence-corrected chi connectivity index (χ4v) is 3.51. The average Bonchev–Trinajstić information content (AvgIpc) is 2.65. The maximum absolute atomic E-state index is 11.4. The summed E-state index contributed by atoms with van der Waals surface area (Å²) in [6.45, 7) is 0. The first kappa shape index (κ1) is 16.9. The van der Waals surface area contributed by atoms with Crippen molar-refractivity contribution in [2.45, 2.75) is 12.3 Å². The van der Waals surface area contributed by atoms with Gasteiger partial charge in [0.25, 0.3) is 5.70 Å². The quantitative estimate of drug-likeness (QED) is 0.574. The first-order chi connectivity index (χ1) is 12.1. The van der Waals surface area contributed by atoms with Gasteiger partial charge < -0.3 is 0 Å². The van der Waals surface area contributed by atoms with Crippen molar-refractivity contribution in [2.24, 2.45) is 5.41 Å². The summed E-state index contributed by atoms with van der Waals surface area (Å²) in [5.74, 6) is -0.337. The number of allylic oxidation sites excluding steroid dienone is 4. The van der Waals surface area contributed by atoms with Crippen LogP contribution in [0.15, 0.2) is 83.5 Å². The topological polar surface area (TPSA) is 66.9 Å². The van der Waals surface area contributed by atoms with Crippen LogP contribution in [0.5, 0.6) is 0 Å². The molecule has 0 fully saturated rings. The molecule has 0 amide bonds. The van der Waals surface area contributed by atoms with Crippen LogP contribution in [-0.4, -0.2) is 4.92 Å². The van der Waals surface area contributed by atoms with E-state index < -0.39 is 10.3 Å². The van der Waals surface area contributed by atoms with Crippen LogP contribution in [0.25, 0.3) is 0 Å². The molecule has 1 atom stereocenters. The molecule has 2 aromatic carbocycles. The molecule has 1 unspecified atom stereocenters. The van der Waals surface area contributed by atoms with E-state index in [4.69, 9.17) is 11.6 Å². The third-order valence-electron chi connectivity index (χ3n) is 4.47. The molecule has 0 bridgehead atoms. The van der Waals surface area contributed by atoms with Gasteiger partial charge in [0, 0.05) is 5.92 Å². The van der Waals surface area contributed by atoms with Crippen LogP contribution in [0.4, 0.5) is 0 Å². The van der Waals surface area contributed by atoms with Crippen LogP contribution in [0.2, 0.25) is 0 Å². The number of nitro groups is 1. The number of halogens is 1. The normalized spacial score (nSPS) is 19.7. The molecule has 25 heavy (non-hydrogen) atoms. The molecule has 2 aromatic rings. The van der Waals surface area contributed by atoms with Crippen molar-refractivity contribution in [1.82, 2.24) is 0 Å². The highest BCUT2D eigenvalue weighted by atomic mass is 35.5. The van der Waals surface area contributed by atoms with E-state index in [-0.39, 0.29) is 23.1 Å². The minimum atomic E-state index is -1.08. The fraction of sp³-hybridized carbons (Fsp3) is 0.150. The van der Waals surface area contributed by atoms with Crippen molar-refractivity contribution in [1.29, 1.82) is 5.26 Å². The second kappa shape index (κ2) is 6.92. The van der Waals surface area contributed by atoms with Crippen LogP contribution >= 0.6 is 11.6 Å². The molecule has 0 aromatic heterocycles. The van der Waals surface area contributed by atoms with Gasteiger partial charge in [-0.3, -0.25) is 10.1 Å². The molecule has 0 aliphatic heterocycles. The predicted octanol–water partition coefficient (Wildman–Crippen LogP) is 5.02. The van der Waals surface area contributed by atoms with Crippen LogP contribution in [-0.2, 0) is 0 Å². The number of nitriles is 1. The Balaban J connectivity index is 2.18. The van der Waals surface area contributed by atoms with Crippen LogP contribution in [0.1, 0.15) is 23.5 Å². The number of hydrogen-bond donors (Lipinski definition) is 0. The average molecular weight is 351 g/mol. The molecule has 1 aliphatic rings. The zero-order chi connectivity index (χ0) is 17.9. The Bertz CT molecular complexity index is 845. The number of benzene rings is 2. The molecule has 1 aliphatic carbocycles. The van der Waals surface area contributed by atoms with Gasteiger partial charge in [0.2, 0.25) is 0 Å². The van der Waals surface area contributed by atoms with E-state index in [1.54, 1.807) is 6.08 Å². The van der Waals surface area contributed by atoms with Gasteiger partial charge in [0.15, 0.2) is 0 Å². The monoisotopic (exact) mass is 350 g/mol. The Labute approximate surface area is 150 Å². The van der Waals surface area contributed by atoms with Gasteiger partial charge in [0.1, 0.15) is 5.03 Å². The molecule has 124 valence electrons. The van der Waals surface area contributed by atoms with Crippen molar-refractivity contribution < 1.29 is 4.92 Å². The Morgan fingerprint density at radius 2 is 1.60 bits per heavy atom. The second-order valence-corrected chi connectivity index (χ2v) is 6.38. The largest absolute Gasteiger partial charge is 0.266 e. The minimum absolute atomic E-state index is 0.0414. The second-order valence-electron chi connectivity index (χ2n) is 5.97. The van der Waals surface area contributed by atoms with E-state index in [0.717, 1.165) is 11.1 Å². The summed E-state index contributed by atoms with van der Waals surface area (Å²) < 4.78 is 0. The van der Waals surface area contributed by atoms with E-state index in [0.29, 0.717) is 0 Å². The summed E-state index contributed by atoms with van der Waals surface area (Å²) in [6.07, 6.45) is 3.14. The summed E-state index contributed by atoms with van der Waals surface area (Å²) in [5, 5.41) is 21.5. The van der Waals surface area contributed by atoms with Gasteiger partial charge in [-0.1, -0.05) is 78.3 Å². The molecule has 0 saturated heterocycles. The number of hydrogen-bond acceptors (Lipinski definition) is 3. The lowest BCUT2D eigenvalue weighted by Gasteiger charge is -2.34. The van der Waals surface area contributed by atoms with E-state index in [9.17, 15) is 15.4 Å². The van der Waals surface area contributed by atoms with Gasteiger partial charge in [0.05, 0.1) is 22.8 Å². The molecule has 4 nitrogen and oxygen atoms in total. The lowest BCUT2D eigenvalue weighted by molar-refractivity contribution is -0.430. The number of nitrogens with zero attached hydrogens (tertiary/aromatic N) is 2. The SMILES string of the molecule is N#CC1(C(c2ccccc2)c2ccccc2)C=CC(Cl)=C([N+](=O)[O-])C1. The highest BCUT2D eigenvalue weighted by Gasteiger charge is 2.45. The van der Waals surface area contributed by atoms with Crippen LogP contribution < -0.4 is 0 Å². The van der Waals surface area contributed by atoms with E-state index >= 15 is 0 Å². The van der Waals surface area contributed by atoms with Gasteiger partial charge in [-0.2, -0.15) is 5.26 Å². The predicted molar refractivity (Wildman–Crippen MR) is 96.4 cm³/mol. The van der Waals surface area contributed by atoms with E-state index in [1.165, 1.54) is 6.08 Å². The summed E-state index contributed by atoms with van der Waals surface area (Å²) in [6, 6.07) is 21.5. The molecular weight excluding hydrogens is 336 g/mol. The summed E-state index contributed by atoms with van der Waals surface area (Å²) >= 11 is 6.00. The van der Waals surface area contributed by atoms with E-state index in [1.807, 2.05) is 60.7 Å². The van der Waals surface area contributed by atoms with Crippen LogP contribution in [0.3, 0.4) is 0 Å². The Morgan fingerprint density at radius 3 is 2.04 bits per heavy atom. The number of rotatable bonds is 4. The van der Waals surface area contributed by atoms with Gasteiger partial charge >= 0.3 is 0 Å². The lowest BCUT2D eigenvalue weighted by atomic mass is 9.66. The maximum atomic E-state index is 11.4. The smallest absolute Gasteiger partial charge is 0.259 e. The lowest BCUT2D eigenvalue weighted by Crippen LogP contribution is -2.30. The van der Waals surface area contributed by atoms with Crippen molar-refractivity contribution in [3.63, 3.8) is 0 Å². The van der Waals surface area contributed by atoms with Crippen molar-refractivity contribution >= 4 is 11.6 Å². The van der Waals surface area contributed by atoms with Gasteiger partial charge in [-0.15, -0.1) is 0 Å². The zero-order valence-corrected chi connectivity index (χ0v) is 14.1. The highest BCUT2D eigenvalue weighted by Crippen LogP contribution is 2.49. The van der Waals surface area contributed by atoms with Crippen molar-refractivity contribution in [3.05, 3.63) is 105 Å². The first-order valence-corrected chi connectivity index (χ1v) is 8.18. The fourth-order valence-electron chi connectivity index (χ4n) is 3.31. The Morgan fingerprint density at radius 1 is 1.08 bits per heavy atom. The van der Waals surface area contributed by atoms with E-state index in [2.05, 4.69) is 6.07 Å². The van der Waals surface area contributed by atoms with Crippen molar-refractivity contribution in [2.75, 3.05) is 0 Å². The molecule has 0 N–H and O–H groups in total. The van der Waals surface area contributed by atoms with Crippen molar-refractivity contribution in [3.8, 4) is 6.07 Å². The molecule has 0 radical (unpaired) electrons. The van der Waals surface area contributed by atoms with Crippen LogP contribution in [0, 0.1) is 26.9 Å². The Hall–Kier alpha value is -2.90. The third kappa shape index (κ3) is 3.19. The van der Waals surface area contributed by atoms with Gasteiger partial charge in [-0.25, -0.2) is 0 Å². The molecule has 5 heteroatoms. The van der Waals surface area contributed by atoms with Gasteiger partial charge in [-0.05, 0) is 17.2 Å². The zero-order valence-electron chi connectivity index (χ0n) is 13.3. The Kier molecular flexibility index (Phi) is 4.69. The summed E-state index contributed by atoms with van der Waals surface area (Å²) in [7, 11) is 0. The molecule has 0 spiro atoms. The summed E-state index contributed by atoms with van der Waals surface area (Å²) in [4.78, 5) is 10.9.